The highest BCUT2D eigenvalue weighted by molar-refractivity contribution is 5.56. The summed E-state index contributed by atoms with van der Waals surface area (Å²) in [5, 5.41) is 7.17. The number of hydrogen-bond acceptors (Lipinski definition) is 6. The second-order valence-electron chi connectivity index (χ2n) is 9.98. The molecule has 0 aromatic carbocycles. The molecule has 4 aromatic heterocycles. The average molecular weight is 509 g/mol. The lowest BCUT2D eigenvalue weighted by Crippen LogP contribution is -2.18. The Bertz CT molecular complexity index is 1170. The van der Waals surface area contributed by atoms with Crippen LogP contribution in [0.1, 0.15) is 54.4 Å². The fraction of sp³-hybridized carbons (Fsp3) is 0.375. The Balaban J connectivity index is 1.02. The molecule has 0 fully saturated rings. The van der Waals surface area contributed by atoms with E-state index in [1.807, 2.05) is 36.9 Å². The van der Waals surface area contributed by atoms with Crippen molar-refractivity contribution in [2.45, 2.75) is 58.9 Å². The van der Waals surface area contributed by atoms with E-state index in [2.05, 4.69) is 80.8 Å². The molecule has 6 heteroatoms. The first-order valence-electron chi connectivity index (χ1n) is 13.8. The molecule has 2 N–H and O–H groups in total. The van der Waals surface area contributed by atoms with Crippen LogP contribution in [0.25, 0.3) is 22.8 Å². The zero-order valence-electron chi connectivity index (χ0n) is 22.8. The van der Waals surface area contributed by atoms with E-state index in [9.17, 15) is 0 Å². The highest BCUT2D eigenvalue weighted by Crippen LogP contribution is 2.18. The number of aromatic nitrogens is 4. The first-order valence-corrected chi connectivity index (χ1v) is 13.8. The van der Waals surface area contributed by atoms with Gasteiger partial charge in [-0.3, -0.25) is 19.9 Å². The molecule has 0 aliphatic heterocycles. The monoisotopic (exact) mass is 508 g/mol. The summed E-state index contributed by atoms with van der Waals surface area (Å²) in [6.45, 7) is 8.23. The first kappa shape index (κ1) is 27.6. The molecule has 4 aromatic rings. The quantitative estimate of drug-likeness (QED) is 0.189. The topological polar surface area (TPSA) is 75.6 Å². The Kier molecular flexibility index (Phi) is 10.9. The molecule has 0 atom stereocenters. The summed E-state index contributed by atoms with van der Waals surface area (Å²) in [6.07, 6.45) is 14.6. The molecule has 0 unspecified atom stereocenters. The minimum atomic E-state index is 0.861. The van der Waals surface area contributed by atoms with E-state index in [1.165, 1.54) is 54.4 Å². The van der Waals surface area contributed by atoms with E-state index in [0.29, 0.717) is 0 Å². The van der Waals surface area contributed by atoms with E-state index in [0.717, 1.165) is 55.4 Å². The molecule has 0 radical (unpaired) electrons. The van der Waals surface area contributed by atoms with Crippen LogP contribution in [0.4, 0.5) is 0 Å². The maximum Gasteiger partial charge on any atom is 0.0889 e. The van der Waals surface area contributed by atoms with E-state index in [4.69, 9.17) is 0 Å². The molecule has 0 amide bonds. The Morgan fingerprint density at radius 1 is 0.500 bits per heavy atom. The Labute approximate surface area is 227 Å². The van der Waals surface area contributed by atoms with Gasteiger partial charge in [-0.2, -0.15) is 0 Å². The molecule has 0 aliphatic carbocycles. The van der Waals surface area contributed by atoms with Crippen molar-refractivity contribution < 1.29 is 0 Å². The molecule has 198 valence electrons. The summed E-state index contributed by atoms with van der Waals surface area (Å²) >= 11 is 0. The van der Waals surface area contributed by atoms with Crippen LogP contribution < -0.4 is 10.6 Å². The van der Waals surface area contributed by atoms with Crippen LogP contribution in [0.15, 0.2) is 73.3 Å². The van der Waals surface area contributed by atoms with Gasteiger partial charge in [0, 0.05) is 31.3 Å². The van der Waals surface area contributed by atoms with Crippen LogP contribution in [-0.2, 0) is 13.0 Å². The molecule has 0 saturated carbocycles. The lowest BCUT2D eigenvalue weighted by molar-refractivity contribution is 0.559. The summed E-state index contributed by atoms with van der Waals surface area (Å²) in [6, 6.07) is 16.7. The summed E-state index contributed by atoms with van der Waals surface area (Å²) in [5.41, 5.74) is 8.77. The van der Waals surface area contributed by atoms with Gasteiger partial charge >= 0.3 is 0 Å². The zero-order valence-corrected chi connectivity index (χ0v) is 22.8. The molecule has 6 nitrogen and oxygen atoms in total. The van der Waals surface area contributed by atoms with Gasteiger partial charge in [0.2, 0.25) is 0 Å². The highest BCUT2D eigenvalue weighted by atomic mass is 14.9. The molecular weight excluding hydrogens is 468 g/mol. The lowest BCUT2D eigenvalue weighted by Gasteiger charge is -2.08. The highest BCUT2D eigenvalue weighted by Gasteiger charge is 2.04. The number of rotatable bonds is 15. The Hall–Kier alpha value is -3.48. The third-order valence-corrected chi connectivity index (χ3v) is 6.61. The van der Waals surface area contributed by atoms with Gasteiger partial charge in [0.25, 0.3) is 0 Å². The van der Waals surface area contributed by atoms with Crippen molar-refractivity contribution in [2.24, 2.45) is 0 Å². The van der Waals surface area contributed by atoms with Crippen molar-refractivity contribution >= 4 is 0 Å². The van der Waals surface area contributed by atoms with Crippen molar-refractivity contribution in [3.05, 3.63) is 95.6 Å². The van der Waals surface area contributed by atoms with Crippen LogP contribution in [0.2, 0.25) is 0 Å². The summed E-state index contributed by atoms with van der Waals surface area (Å²) < 4.78 is 0. The van der Waals surface area contributed by atoms with E-state index < -0.39 is 0 Å². The third-order valence-electron chi connectivity index (χ3n) is 6.61. The maximum atomic E-state index is 4.50. The predicted octanol–water partition coefficient (Wildman–Crippen LogP) is 6.09. The van der Waals surface area contributed by atoms with Crippen molar-refractivity contribution in [1.82, 2.24) is 30.6 Å². The van der Waals surface area contributed by atoms with Crippen LogP contribution in [0, 0.1) is 13.8 Å². The fourth-order valence-corrected chi connectivity index (χ4v) is 4.46. The van der Waals surface area contributed by atoms with Gasteiger partial charge in [0.05, 0.1) is 22.8 Å². The van der Waals surface area contributed by atoms with Gasteiger partial charge in [-0.25, -0.2) is 0 Å². The normalized spacial score (nSPS) is 11.1. The van der Waals surface area contributed by atoms with Gasteiger partial charge < -0.3 is 10.6 Å². The molecule has 4 rings (SSSR count). The number of unbranched alkanes of at least 4 members (excludes halogenated alkanes) is 3. The Morgan fingerprint density at radius 3 is 1.58 bits per heavy atom. The van der Waals surface area contributed by atoms with Gasteiger partial charge in [-0.15, -0.1) is 0 Å². The van der Waals surface area contributed by atoms with E-state index >= 15 is 0 Å². The number of nitrogens with zero attached hydrogens (tertiary/aromatic N) is 4. The molecule has 0 saturated heterocycles. The van der Waals surface area contributed by atoms with Gasteiger partial charge in [0.15, 0.2) is 0 Å². The minimum absolute atomic E-state index is 0.861. The first-order chi connectivity index (χ1) is 18.7. The lowest BCUT2D eigenvalue weighted by atomic mass is 10.1. The number of hydrogen-bond donors (Lipinski definition) is 2. The van der Waals surface area contributed by atoms with E-state index in [-0.39, 0.29) is 0 Å². The van der Waals surface area contributed by atoms with Crippen LogP contribution in [0.3, 0.4) is 0 Å². The van der Waals surface area contributed by atoms with Crippen molar-refractivity contribution in [1.29, 1.82) is 0 Å². The maximum absolute atomic E-state index is 4.50. The predicted molar refractivity (Wildman–Crippen MR) is 156 cm³/mol. The Morgan fingerprint density at radius 2 is 0.974 bits per heavy atom. The molecule has 0 spiro atoms. The van der Waals surface area contributed by atoms with Crippen LogP contribution in [-0.4, -0.2) is 39.6 Å². The smallest absolute Gasteiger partial charge is 0.0889 e. The largest absolute Gasteiger partial charge is 0.317 e. The molecule has 38 heavy (non-hydrogen) atoms. The molecule has 0 aliphatic rings. The summed E-state index contributed by atoms with van der Waals surface area (Å²) in [4.78, 5) is 17.9. The van der Waals surface area contributed by atoms with Crippen molar-refractivity contribution in [3.63, 3.8) is 0 Å². The van der Waals surface area contributed by atoms with Crippen LogP contribution in [0.5, 0.6) is 0 Å². The number of pyridine rings is 4. The van der Waals surface area contributed by atoms with Gasteiger partial charge in [-0.05, 0) is 136 Å². The number of aryl methyl sites for hydroxylation is 3. The average Bonchev–Trinajstić information content (AvgIpc) is 2.94. The molecular formula is C32H40N6. The molecule has 0 bridgehead atoms. The summed E-state index contributed by atoms with van der Waals surface area (Å²) in [7, 11) is 0. The standard InChI is InChI=1S/C32H40N6/c1-25-9-16-35-29(20-25)31-22-27(11-18-37-31)8-4-7-14-33-13-5-3-6-15-34-24-28-12-19-38-32(23-28)30-21-26(2)10-17-36-30/h9-12,16-23,33-34H,3-8,13-15,24H2,1-2H3. The second kappa shape index (κ2) is 15.1. The zero-order chi connectivity index (χ0) is 26.4. The number of nitrogens with one attached hydrogen (secondary N) is 2. The fourth-order valence-electron chi connectivity index (χ4n) is 4.46. The third kappa shape index (κ3) is 9.12. The van der Waals surface area contributed by atoms with E-state index in [1.54, 1.807) is 0 Å². The van der Waals surface area contributed by atoms with Crippen molar-refractivity contribution in [3.8, 4) is 22.8 Å². The SMILES string of the molecule is Cc1ccnc(-c2cc(CCCCNCCCCCNCc3ccnc(-c4cc(C)ccn4)c3)ccn2)c1. The minimum Gasteiger partial charge on any atom is -0.317 e. The van der Waals surface area contributed by atoms with Gasteiger partial charge in [0.1, 0.15) is 0 Å². The molecule has 4 heterocycles. The van der Waals surface area contributed by atoms with Crippen LogP contribution >= 0.6 is 0 Å². The second-order valence-corrected chi connectivity index (χ2v) is 9.98. The van der Waals surface area contributed by atoms with Crippen molar-refractivity contribution in [2.75, 3.05) is 19.6 Å². The summed E-state index contributed by atoms with van der Waals surface area (Å²) in [5.74, 6) is 0. The van der Waals surface area contributed by atoms with Gasteiger partial charge in [-0.1, -0.05) is 6.42 Å².